The molecule has 1 aromatic rings. The van der Waals surface area contributed by atoms with Gasteiger partial charge in [0.15, 0.2) is 0 Å². The second-order valence-electron chi connectivity index (χ2n) is 4.89. The molecule has 0 amide bonds. The van der Waals surface area contributed by atoms with Gasteiger partial charge in [-0.15, -0.1) is 0 Å². The molecule has 1 atom stereocenters. The van der Waals surface area contributed by atoms with Gasteiger partial charge in [0, 0.05) is 25.7 Å². The largest absolute Gasteiger partial charge is 0.416 e. The molecular weight excluding hydrogens is 279 g/mol. The SMILES string of the molecule is CCN(CC)CCNC(CN)c1ccc(C(F)(F)F)cc1. The molecule has 0 saturated carbocycles. The number of alkyl halides is 3. The highest BCUT2D eigenvalue weighted by atomic mass is 19.4. The highest BCUT2D eigenvalue weighted by Gasteiger charge is 2.30. The molecule has 0 fully saturated rings. The molecule has 3 nitrogen and oxygen atoms in total. The zero-order chi connectivity index (χ0) is 15.9. The third-order valence-corrected chi connectivity index (χ3v) is 3.59. The summed E-state index contributed by atoms with van der Waals surface area (Å²) >= 11 is 0. The first-order valence-corrected chi connectivity index (χ1v) is 7.25. The molecule has 0 aromatic heterocycles. The fourth-order valence-electron chi connectivity index (χ4n) is 2.18. The van der Waals surface area contributed by atoms with Crippen molar-refractivity contribution in [1.82, 2.24) is 10.2 Å². The van der Waals surface area contributed by atoms with E-state index in [2.05, 4.69) is 24.1 Å². The lowest BCUT2D eigenvalue weighted by atomic mass is 10.0. The Morgan fingerprint density at radius 3 is 2.14 bits per heavy atom. The van der Waals surface area contributed by atoms with Gasteiger partial charge in [0.05, 0.1) is 5.56 Å². The zero-order valence-electron chi connectivity index (χ0n) is 12.6. The fraction of sp³-hybridized carbons (Fsp3) is 0.600. The summed E-state index contributed by atoms with van der Waals surface area (Å²) in [6.45, 7) is 8.15. The van der Waals surface area contributed by atoms with Crippen LogP contribution in [0.25, 0.3) is 0 Å². The van der Waals surface area contributed by atoms with Gasteiger partial charge in [-0.3, -0.25) is 0 Å². The van der Waals surface area contributed by atoms with Crippen LogP contribution in [-0.4, -0.2) is 37.6 Å². The summed E-state index contributed by atoms with van der Waals surface area (Å²) in [6.07, 6.45) is -4.30. The van der Waals surface area contributed by atoms with Crippen molar-refractivity contribution >= 4 is 0 Å². The Labute approximate surface area is 124 Å². The van der Waals surface area contributed by atoms with Crippen LogP contribution in [0.2, 0.25) is 0 Å². The van der Waals surface area contributed by atoms with Gasteiger partial charge in [-0.05, 0) is 30.8 Å². The smallest absolute Gasteiger partial charge is 0.329 e. The molecule has 0 aliphatic heterocycles. The summed E-state index contributed by atoms with van der Waals surface area (Å²) in [5, 5.41) is 3.30. The highest BCUT2D eigenvalue weighted by Crippen LogP contribution is 2.29. The lowest BCUT2D eigenvalue weighted by molar-refractivity contribution is -0.137. The van der Waals surface area contributed by atoms with E-state index in [1.54, 1.807) is 0 Å². The molecule has 1 unspecified atom stereocenters. The Morgan fingerprint density at radius 2 is 1.71 bits per heavy atom. The number of benzene rings is 1. The van der Waals surface area contributed by atoms with E-state index in [9.17, 15) is 13.2 Å². The normalized spacial score (nSPS) is 13.7. The van der Waals surface area contributed by atoms with Crippen LogP contribution in [-0.2, 0) is 6.18 Å². The number of nitrogens with one attached hydrogen (secondary N) is 1. The first kappa shape index (κ1) is 17.9. The van der Waals surface area contributed by atoms with Crippen molar-refractivity contribution < 1.29 is 13.2 Å². The van der Waals surface area contributed by atoms with Gasteiger partial charge < -0.3 is 16.0 Å². The molecule has 6 heteroatoms. The standard InChI is InChI=1S/C15H24F3N3/c1-3-21(4-2)10-9-20-14(11-19)12-5-7-13(8-6-12)15(16,17)18/h5-8,14,20H,3-4,9-11,19H2,1-2H3. The van der Waals surface area contributed by atoms with Gasteiger partial charge in [-0.25, -0.2) is 0 Å². The van der Waals surface area contributed by atoms with E-state index in [-0.39, 0.29) is 6.04 Å². The van der Waals surface area contributed by atoms with Crippen molar-refractivity contribution in [2.45, 2.75) is 26.1 Å². The molecule has 1 rings (SSSR count). The Morgan fingerprint density at radius 1 is 1.14 bits per heavy atom. The molecule has 0 aliphatic rings. The van der Waals surface area contributed by atoms with Gasteiger partial charge in [-0.2, -0.15) is 13.2 Å². The predicted octanol–water partition coefficient (Wildman–Crippen LogP) is 2.64. The second kappa shape index (κ2) is 8.36. The molecule has 0 radical (unpaired) electrons. The van der Waals surface area contributed by atoms with Crippen molar-refractivity contribution in [1.29, 1.82) is 0 Å². The van der Waals surface area contributed by atoms with E-state index < -0.39 is 11.7 Å². The first-order chi connectivity index (χ1) is 9.92. The van der Waals surface area contributed by atoms with Crippen LogP contribution >= 0.6 is 0 Å². The van der Waals surface area contributed by atoms with Crippen LogP contribution in [0.4, 0.5) is 13.2 Å². The van der Waals surface area contributed by atoms with Crippen LogP contribution in [0.1, 0.15) is 31.0 Å². The van der Waals surface area contributed by atoms with E-state index in [0.29, 0.717) is 6.54 Å². The van der Waals surface area contributed by atoms with Crippen LogP contribution in [0.3, 0.4) is 0 Å². The first-order valence-electron chi connectivity index (χ1n) is 7.25. The Balaban J connectivity index is 2.60. The van der Waals surface area contributed by atoms with Gasteiger partial charge in [0.25, 0.3) is 0 Å². The Bertz CT molecular complexity index is 400. The molecule has 21 heavy (non-hydrogen) atoms. The monoisotopic (exact) mass is 303 g/mol. The van der Waals surface area contributed by atoms with E-state index >= 15 is 0 Å². The van der Waals surface area contributed by atoms with E-state index in [1.807, 2.05) is 0 Å². The van der Waals surface area contributed by atoms with Crippen molar-refractivity contribution in [2.24, 2.45) is 5.73 Å². The average molecular weight is 303 g/mol. The maximum atomic E-state index is 12.5. The summed E-state index contributed by atoms with van der Waals surface area (Å²) in [6, 6.07) is 5.06. The lowest BCUT2D eigenvalue weighted by Gasteiger charge is -2.22. The van der Waals surface area contributed by atoms with Gasteiger partial charge >= 0.3 is 6.18 Å². The van der Waals surface area contributed by atoms with E-state index in [1.165, 1.54) is 12.1 Å². The maximum absolute atomic E-state index is 12.5. The minimum atomic E-state index is -4.30. The molecular formula is C15H24F3N3. The van der Waals surface area contributed by atoms with Crippen LogP contribution in [0.5, 0.6) is 0 Å². The summed E-state index contributed by atoms with van der Waals surface area (Å²) < 4.78 is 37.6. The summed E-state index contributed by atoms with van der Waals surface area (Å²) in [5.74, 6) is 0. The van der Waals surface area contributed by atoms with Gasteiger partial charge in [0.2, 0.25) is 0 Å². The van der Waals surface area contributed by atoms with Crippen molar-refractivity contribution in [2.75, 3.05) is 32.7 Å². The van der Waals surface area contributed by atoms with Gasteiger partial charge in [-0.1, -0.05) is 26.0 Å². The molecule has 3 N–H and O–H groups in total. The Hall–Kier alpha value is -1.11. The van der Waals surface area contributed by atoms with Crippen LogP contribution < -0.4 is 11.1 Å². The van der Waals surface area contributed by atoms with Crippen LogP contribution in [0.15, 0.2) is 24.3 Å². The van der Waals surface area contributed by atoms with Crippen LogP contribution in [0, 0.1) is 0 Å². The van der Waals surface area contributed by atoms with Crippen molar-refractivity contribution in [3.63, 3.8) is 0 Å². The topological polar surface area (TPSA) is 41.3 Å². The summed E-state index contributed by atoms with van der Waals surface area (Å²) in [7, 11) is 0. The number of nitrogens with two attached hydrogens (primary N) is 1. The van der Waals surface area contributed by atoms with E-state index in [0.717, 1.165) is 43.9 Å². The van der Waals surface area contributed by atoms with Crippen molar-refractivity contribution in [3.05, 3.63) is 35.4 Å². The zero-order valence-corrected chi connectivity index (χ0v) is 12.6. The van der Waals surface area contributed by atoms with Gasteiger partial charge in [0.1, 0.15) is 0 Å². The molecule has 0 aliphatic carbocycles. The molecule has 0 saturated heterocycles. The number of likely N-dealkylation sites (N-methyl/N-ethyl adjacent to an activating group) is 1. The molecule has 120 valence electrons. The quantitative estimate of drug-likeness (QED) is 0.776. The second-order valence-corrected chi connectivity index (χ2v) is 4.89. The van der Waals surface area contributed by atoms with Crippen molar-refractivity contribution in [3.8, 4) is 0 Å². The van der Waals surface area contributed by atoms with E-state index in [4.69, 9.17) is 5.73 Å². The predicted molar refractivity (Wildman–Crippen MR) is 79.0 cm³/mol. The highest BCUT2D eigenvalue weighted by molar-refractivity contribution is 5.27. The number of nitrogens with zero attached hydrogens (tertiary/aromatic N) is 1. The number of rotatable bonds is 8. The third-order valence-electron chi connectivity index (χ3n) is 3.59. The number of hydrogen-bond acceptors (Lipinski definition) is 3. The minimum absolute atomic E-state index is 0.122. The molecule has 0 spiro atoms. The molecule has 0 bridgehead atoms. The lowest BCUT2D eigenvalue weighted by Crippen LogP contribution is -2.36. The summed E-state index contributed by atoms with van der Waals surface area (Å²) in [4.78, 5) is 2.27. The molecule has 1 aromatic carbocycles. The fourth-order valence-corrected chi connectivity index (χ4v) is 2.18. The molecule has 0 heterocycles. The number of hydrogen-bond donors (Lipinski definition) is 2. The summed E-state index contributed by atoms with van der Waals surface area (Å²) in [5.41, 5.74) is 5.86. The Kier molecular flexibility index (Phi) is 7.14. The maximum Gasteiger partial charge on any atom is 0.416 e. The average Bonchev–Trinajstić information content (AvgIpc) is 2.47. The number of halogens is 3. The minimum Gasteiger partial charge on any atom is -0.329 e. The third kappa shape index (κ3) is 5.65.